The molecule has 110 valence electrons. The second kappa shape index (κ2) is 5.49. The Hall–Kier alpha value is -1.47. The van der Waals surface area contributed by atoms with Gasteiger partial charge in [0, 0.05) is 32.2 Å². The molecule has 0 bridgehead atoms. The van der Waals surface area contributed by atoms with Crippen molar-refractivity contribution in [3.05, 3.63) is 12.0 Å². The molecule has 1 aromatic rings. The number of aromatic nitrogens is 2. The molecule has 0 radical (unpaired) electrons. The van der Waals surface area contributed by atoms with Crippen LogP contribution in [0.2, 0.25) is 0 Å². The third-order valence-electron chi connectivity index (χ3n) is 4.04. The minimum absolute atomic E-state index is 0.204. The zero-order chi connectivity index (χ0) is 14.1. The first-order valence-corrected chi connectivity index (χ1v) is 7.11. The molecule has 0 saturated carbocycles. The highest BCUT2D eigenvalue weighted by Crippen LogP contribution is 2.24. The number of aliphatic hydroxyl groups excluding tert-OH is 1. The van der Waals surface area contributed by atoms with Gasteiger partial charge in [-0.15, -0.1) is 0 Å². The molecule has 0 spiro atoms. The highest BCUT2D eigenvalue weighted by molar-refractivity contribution is 5.46. The maximum absolute atomic E-state index is 13.9. The molecular formula is C13H20FN5O. The van der Waals surface area contributed by atoms with Crippen LogP contribution in [0, 0.1) is 5.82 Å². The summed E-state index contributed by atoms with van der Waals surface area (Å²) >= 11 is 0. The molecule has 3 N–H and O–H groups in total. The number of β-amino-alcohol motifs (C(OH)–C–C–N with tert-alkyl or cyclic N) is 1. The monoisotopic (exact) mass is 281 g/mol. The summed E-state index contributed by atoms with van der Waals surface area (Å²) in [5, 5.41) is 9.84. The van der Waals surface area contributed by atoms with E-state index in [-0.39, 0.29) is 11.9 Å². The van der Waals surface area contributed by atoms with Crippen molar-refractivity contribution in [2.45, 2.75) is 31.4 Å². The van der Waals surface area contributed by atoms with Crippen LogP contribution in [0.1, 0.15) is 19.3 Å². The largest absolute Gasteiger partial charge is 0.390 e. The number of piperidine rings is 1. The average Bonchev–Trinajstić information content (AvgIpc) is 2.96. The van der Waals surface area contributed by atoms with Gasteiger partial charge in [0.2, 0.25) is 5.95 Å². The van der Waals surface area contributed by atoms with Crippen LogP contribution in [0.25, 0.3) is 0 Å². The van der Waals surface area contributed by atoms with Crippen molar-refractivity contribution in [3.8, 4) is 0 Å². The van der Waals surface area contributed by atoms with Crippen molar-refractivity contribution in [2.24, 2.45) is 5.73 Å². The number of rotatable bonds is 2. The molecule has 1 aromatic heterocycles. The summed E-state index contributed by atoms with van der Waals surface area (Å²) in [6, 6.07) is -0.204. The van der Waals surface area contributed by atoms with E-state index in [1.54, 1.807) is 0 Å². The number of nitrogens with zero attached hydrogens (tertiary/aromatic N) is 4. The first-order chi connectivity index (χ1) is 9.65. The SMILES string of the molecule is N[C@@H]1CCN(c2ncc(F)c(N3CCCC3)n2)C[C@H]1O. The van der Waals surface area contributed by atoms with E-state index in [9.17, 15) is 9.50 Å². The molecule has 20 heavy (non-hydrogen) atoms. The van der Waals surface area contributed by atoms with Crippen LogP contribution in [0.4, 0.5) is 16.2 Å². The van der Waals surface area contributed by atoms with Crippen molar-refractivity contribution in [3.63, 3.8) is 0 Å². The van der Waals surface area contributed by atoms with Crippen molar-refractivity contribution >= 4 is 11.8 Å². The van der Waals surface area contributed by atoms with Crippen LogP contribution in [0.15, 0.2) is 6.20 Å². The molecule has 2 atom stereocenters. The Morgan fingerprint density at radius 2 is 2.00 bits per heavy atom. The first-order valence-electron chi connectivity index (χ1n) is 7.11. The van der Waals surface area contributed by atoms with Crippen molar-refractivity contribution in [1.29, 1.82) is 0 Å². The fourth-order valence-electron chi connectivity index (χ4n) is 2.78. The van der Waals surface area contributed by atoms with Gasteiger partial charge in [-0.25, -0.2) is 9.37 Å². The maximum atomic E-state index is 13.9. The molecular weight excluding hydrogens is 261 g/mol. The predicted molar refractivity (Wildman–Crippen MR) is 74.2 cm³/mol. The summed E-state index contributed by atoms with van der Waals surface area (Å²) < 4.78 is 13.9. The van der Waals surface area contributed by atoms with Gasteiger partial charge in [0.15, 0.2) is 11.6 Å². The van der Waals surface area contributed by atoms with E-state index in [2.05, 4.69) is 9.97 Å². The number of hydrogen-bond donors (Lipinski definition) is 2. The molecule has 3 rings (SSSR count). The molecule has 3 heterocycles. The van der Waals surface area contributed by atoms with Crippen molar-refractivity contribution in [1.82, 2.24) is 9.97 Å². The van der Waals surface area contributed by atoms with Gasteiger partial charge < -0.3 is 20.6 Å². The summed E-state index contributed by atoms with van der Waals surface area (Å²) in [4.78, 5) is 12.2. The molecule has 6 nitrogen and oxygen atoms in total. The van der Waals surface area contributed by atoms with Crippen LogP contribution in [-0.4, -0.2) is 53.4 Å². The van der Waals surface area contributed by atoms with Gasteiger partial charge in [0.05, 0.1) is 12.3 Å². The Balaban J connectivity index is 1.81. The van der Waals surface area contributed by atoms with Crippen molar-refractivity contribution < 1.29 is 9.50 Å². The van der Waals surface area contributed by atoms with E-state index < -0.39 is 6.10 Å². The third kappa shape index (κ3) is 2.55. The fourth-order valence-corrected chi connectivity index (χ4v) is 2.78. The lowest BCUT2D eigenvalue weighted by Gasteiger charge is -2.34. The smallest absolute Gasteiger partial charge is 0.227 e. The van der Waals surface area contributed by atoms with Gasteiger partial charge in [-0.1, -0.05) is 0 Å². The zero-order valence-electron chi connectivity index (χ0n) is 11.4. The summed E-state index contributed by atoms with van der Waals surface area (Å²) in [5.74, 6) is 0.459. The second-order valence-electron chi connectivity index (χ2n) is 5.50. The predicted octanol–water partition coefficient (Wildman–Crippen LogP) is 0.114. The van der Waals surface area contributed by atoms with Crippen LogP contribution >= 0.6 is 0 Å². The highest BCUT2D eigenvalue weighted by Gasteiger charge is 2.27. The average molecular weight is 281 g/mol. The molecule has 2 saturated heterocycles. The Morgan fingerprint density at radius 1 is 1.25 bits per heavy atom. The molecule has 0 unspecified atom stereocenters. The number of aliphatic hydroxyl groups is 1. The lowest BCUT2D eigenvalue weighted by molar-refractivity contribution is 0.131. The maximum Gasteiger partial charge on any atom is 0.227 e. The Morgan fingerprint density at radius 3 is 2.70 bits per heavy atom. The lowest BCUT2D eigenvalue weighted by atomic mass is 10.0. The normalized spacial score (nSPS) is 27.1. The standard InChI is InChI=1S/C13H20FN5O/c14-9-7-16-13(17-12(9)18-4-1-2-5-18)19-6-3-10(15)11(20)8-19/h7,10-11,20H,1-6,8,15H2/t10-,11-/m1/s1. The van der Waals surface area contributed by atoms with E-state index in [4.69, 9.17) is 5.73 Å². The minimum atomic E-state index is -0.590. The number of anilines is 2. The van der Waals surface area contributed by atoms with E-state index in [0.717, 1.165) is 25.9 Å². The van der Waals surface area contributed by atoms with Crippen LogP contribution in [-0.2, 0) is 0 Å². The molecule has 2 aliphatic heterocycles. The molecule has 0 amide bonds. The van der Waals surface area contributed by atoms with Crippen molar-refractivity contribution in [2.75, 3.05) is 36.0 Å². The summed E-state index contributed by atoms with van der Waals surface area (Å²) in [5.41, 5.74) is 5.79. The van der Waals surface area contributed by atoms with Gasteiger partial charge in [-0.3, -0.25) is 0 Å². The van der Waals surface area contributed by atoms with Crippen LogP contribution in [0.5, 0.6) is 0 Å². The number of hydrogen-bond acceptors (Lipinski definition) is 6. The van der Waals surface area contributed by atoms with E-state index in [0.29, 0.717) is 31.3 Å². The van der Waals surface area contributed by atoms with Crippen LogP contribution < -0.4 is 15.5 Å². The first kappa shape index (κ1) is 13.5. The Kier molecular flexibility index (Phi) is 3.71. The fraction of sp³-hybridized carbons (Fsp3) is 0.692. The number of halogens is 1. The van der Waals surface area contributed by atoms with E-state index >= 15 is 0 Å². The Bertz CT molecular complexity index is 480. The molecule has 2 aliphatic rings. The highest BCUT2D eigenvalue weighted by atomic mass is 19.1. The summed E-state index contributed by atoms with van der Waals surface area (Å²) in [7, 11) is 0. The molecule has 7 heteroatoms. The van der Waals surface area contributed by atoms with Gasteiger partial charge in [-0.05, 0) is 19.3 Å². The molecule has 0 aliphatic carbocycles. The topological polar surface area (TPSA) is 78.5 Å². The zero-order valence-corrected chi connectivity index (χ0v) is 11.4. The lowest BCUT2D eigenvalue weighted by Crippen LogP contribution is -2.51. The number of nitrogens with two attached hydrogens (primary N) is 1. The van der Waals surface area contributed by atoms with Crippen LogP contribution in [0.3, 0.4) is 0 Å². The van der Waals surface area contributed by atoms with Gasteiger partial charge >= 0.3 is 0 Å². The second-order valence-corrected chi connectivity index (χ2v) is 5.50. The third-order valence-corrected chi connectivity index (χ3v) is 4.04. The minimum Gasteiger partial charge on any atom is -0.390 e. The molecule has 0 aromatic carbocycles. The van der Waals surface area contributed by atoms with E-state index in [1.165, 1.54) is 6.20 Å². The van der Waals surface area contributed by atoms with E-state index in [1.807, 2.05) is 9.80 Å². The molecule has 2 fully saturated rings. The van der Waals surface area contributed by atoms with Gasteiger partial charge in [-0.2, -0.15) is 4.98 Å². The summed E-state index contributed by atoms with van der Waals surface area (Å²) in [6.07, 6.45) is 3.44. The summed E-state index contributed by atoms with van der Waals surface area (Å²) in [6.45, 7) is 2.75. The Labute approximate surface area is 117 Å². The van der Waals surface area contributed by atoms with Gasteiger partial charge in [0.1, 0.15) is 0 Å². The van der Waals surface area contributed by atoms with Gasteiger partial charge in [0.25, 0.3) is 0 Å². The quantitative estimate of drug-likeness (QED) is 0.801.